The van der Waals surface area contributed by atoms with Crippen LogP contribution in [0.2, 0.25) is 0 Å². The fraction of sp³-hybridized carbons (Fsp3) is 0.250. The number of carboxylic acid groups (broad SMARTS) is 1. The topological polar surface area (TPSA) is 150 Å². The number of carbonyl (C=O) groups excluding carboxylic acids is 2. The van der Waals surface area contributed by atoms with Gasteiger partial charge in [0.05, 0.1) is 5.56 Å². The molecule has 108 valence electrons. The third-order valence-electron chi connectivity index (χ3n) is 2.51. The number of hydrogen-bond acceptors (Lipinski definition) is 5. The molecular weight excluding hydrogens is 268 g/mol. The van der Waals surface area contributed by atoms with Gasteiger partial charge in [0.25, 0.3) is 5.91 Å². The van der Waals surface area contributed by atoms with Crippen molar-refractivity contribution < 1.29 is 29.7 Å². The molecule has 0 fully saturated rings. The first-order valence-corrected chi connectivity index (χ1v) is 5.65. The van der Waals surface area contributed by atoms with Crippen LogP contribution in [-0.2, 0) is 9.59 Å². The summed E-state index contributed by atoms with van der Waals surface area (Å²) in [5.41, 5.74) is 4.72. The Hall–Kier alpha value is -2.77. The second kappa shape index (κ2) is 6.41. The van der Waals surface area contributed by atoms with Gasteiger partial charge >= 0.3 is 5.97 Å². The van der Waals surface area contributed by atoms with E-state index in [0.717, 1.165) is 12.1 Å². The van der Waals surface area contributed by atoms with E-state index < -0.39 is 29.6 Å². The second-order valence-electron chi connectivity index (χ2n) is 4.07. The minimum atomic E-state index is -1.32. The Morgan fingerprint density at radius 3 is 2.40 bits per heavy atom. The van der Waals surface area contributed by atoms with Crippen molar-refractivity contribution in [1.29, 1.82) is 0 Å². The molecule has 0 spiro atoms. The van der Waals surface area contributed by atoms with Gasteiger partial charge in [-0.3, -0.25) is 9.59 Å². The fourth-order valence-corrected chi connectivity index (χ4v) is 1.49. The predicted molar refractivity (Wildman–Crippen MR) is 67.1 cm³/mol. The van der Waals surface area contributed by atoms with Crippen LogP contribution >= 0.6 is 0 Å². The molecular formula is C12H14N2O6. The number of primary amides is 1. The fourth-order valence-electron chi connectivity index (χ4n) is 1.49. The van der Waals surface area contributed by atoms with E-state index in [4.69, 9.17) is 15.9 Å². The van der Waals surface area contributed by atoms with Gasteiger partial charge in [0.15, 0.2) is 0 Å². The summed E-state index contributed by atoms with van der Waals surface area (Å²) in [7, 11) is 0. The summed E-state index contributed by atoms with van der Waals surface area (Å²) in [6.07, 6.45) is -0.353. The number of aromatic hydroxyl groups is 2. The Labute approximate surface area is 113 Å². The molecule has 0 radical (unpaired) electrons. The van der Waals surface area contributed by atoms with Crippen molar-refractivity contribution in [3.05, 3.63) is 23.8 Å². The molecule has 6 N–H and O–H groups in total. The molecule has 0 aromatic heterocycles. The lowest BCUT2D eigenvalue weighted by Crippen LogP contribution is -2.41. The van der Waals surface area contributed by atoms with E-state index in [9.17, 15) is 19.5 Å². The predicted octanol–water partition coefficient (Wildman–Crippen LogP) is -0.454. The van der Waals surface area contributed by atoms with Crippen LogP contribution in [0.15, 0.2) is 18.2 Å². The Balaban J connectivity index is 2.80. The molecule has 0 aliphatic carbocycles. The van der Waals surface area contributed by atoms with Gasteiger partial charge in [-0.15, -0.1) is 0 Å². The molecule has 1 rings (SSSR count). The van der Waals surface area contributed by atoms with Crippen molar-refractivity contribution >= 4 is 17.8 Å². The average molecular weight is 282 g/mol. The highest BCUT2D eigenvalue weighted by Gasteiger charge is 2.22. The van der Waals surface area contributed by atoms with Crippen LogP contribution in [0.5, 0.6) is 11.5 Å². The highest BCUT2D eigenvalue weighted by atomic mass is 16.4. The molecule has 8 heteroatoms. The van der Waals surface area contributed by atoms with Gasteiger partial charge in [-0.05, 0) is 18.6 Å². The van der Waals surface area contributed by atoms with E-state index in [-0.39, 0.29) is 24.2 Å². The summed E-state index contributed by atoms with van der Waals surface area (Å²) in [5, 5.41) is 29.7. The van der Waals surface area contributed by atoms with Gasteiger partial charge in [-0.25, -0.2) is 4.79 Å². The maximum Gasteiger partial charge on any atom is 0.326 e. The largest absolute Gasteiger partial charge is 0.508 e. The van der Waals surface area contributed by atoms with Crippen molar-refractivity contribution in [3.8, 4) is 11.5 Å². The molecule has 1 aromatic carbocycles. The highest BCUT2D eigenvalue weighted by molar-refractivity contribution is 5.99. The van der Waals surface area contributed by atoms with Crippen LogP contribution in [0.1, 0.15) is 23.2 Å². The first-order chi connectivity index (χ1) is 9.31. The van der Waals surface area contributed by atoms with Crippen molar-refractivity contribution in [2.24, 2.45) is 5.73 Å². The van der Waals surface area contributed by atoms with E-state index in [1.807, 2.05) is 0 Å². The standard InChI is InChI=1S/C12H14N2O6/c13-10(17)4-3-8(12(19)20)14-11(18)7-2-1-6(15)5-9(7)16/h1-2,5,8,15-16H,3-4H2,(H2,13,17)(H,14,18)(H,19,20). The molecule has 0 saturated heterocycles. The maximum absolute atomic E-state index is 11.8. The Morgan fingerprint density at radius 2 is 1.90 bits per heavy atom. The number of phenols is 2. The van der Waals surface area contributed by atoms with Crippen molar-refractivity contribution in [3.63, 3.8) is 0 Å². The number of nitrogens with two attached hydrogens (primary N) is 1. The summed E-state index contributed by atoms with van der Waals surface area (Å²) in [4.78, 5) is 33.4. The zero-order valence-corrected chi connectivity index (χ0v) is 10.4. The van der Waals surface area contributed by atoms with E-state index in [2.05, 4.69) is 5.32 Å². The SMILES string of the molecule is NC(=O)CCC(NC(=O)c1ccc(O)cc1O)C(=O)O. The number of aliphatic carboxylic acids is 1. The smallest absolute Gasteiger partial charge is 0.326 e. The molecule has 20 heavy (non-hydrogen) atoms. The molecule has 1 aromatic rings. The molecule has 0 heterocycles. The molecule has 0 bridgehead atoms. The van der Waals surface area contributed by atoms with Gasteiger partial charge in [-0.2, -0.15) is 0 Å². The molecule has 0 saturated carbocycles. The third kappa shape index (κ3) is 4.16. The van der Waals surface area contributed by atoms with Crippen LogP contribution in [0.3, 0.4) is 0 Å². The molecule has 1 atom stereocenters. The number of benzene rings is 1. The number of rotatable bonds is 6. The summed E-state index contributed by atoms with van der Waals surface area (Å²) >= 11 is 0. The normalized spacial score (nSPS) is 11.6. The van der Waals surface area contributed by atoms with Gasteiger partial charge < -0.3 is 26.4 Å². The molecule has 2 amide bonds. The first-order valence-electron chi connectivity index (χ1n) is 5.65. The summed E-state index contributed by atoms with van der Waals surface area (Å²) in [5.74, 6) is -3.56. The Bertz CT molecular complexity index is 543. The van der Waals surface area contributed by atoms with Crippen LogP contribution in [0, 0.1) is 0 Å². The molecule has 8 nitrogen and oxygen atoms in total. The van der Waals surface area contributed by atoms with Crippen molar-refractivity contribution in [2.75, 3.05) is 0 Å². The van der Waals surface area contributed by atoms with Crippen LogP contribution in [-0.4, -0.2) is 39.1 Å². The zero-order chi connectivity index (χ0) is 15.3. The first kappa shape index (κ1) is 15.3. The lowest BCUT2D eigenvalue weighted by molar-refractivity contribution is -0.139. The number of carbonyl (C=O) groups is 3. The van der Waals surface area contributed by atoms with Gasteiger partial charge in [0, 0.05) is 12.5 Å². The lowest BCUT2D eigenvalue weighted by atomic mass is 10.1. The zero-order valence-electron chi connectivity index (χ0n) is 10.4. The summed E-state index contributed by atoms with van der Waals surface area (Å²) in [6, 6.07) is 1.97. The van der Waals surface area contributed by atoms with Crippen molar-refractivity contribution in [1.82, 2.24) is 5.32 Å². The highest BCUT2D eigenvalue weighted by Crippen LogP contribution is 2.22. The Morgan fingerprint density at radius 1 is 1.25 bits per heavy atom. The monoisotopic (exact) mass is 282 g/mol. The number of amides is 2. The quantitative estimate of drug-likeness (QED) is 0.476. The average Bonchev–Trinajstić information content (AvgIpc) is 2.33. The van der Waals surface area contributed by atoms with E-state index in [1.54, 1.807) is 0 Å². The summed E-state index contributed by atoms with van der Waals surface area (Å²) < 4.78 is 0. The number of hydrogen-bond donors (Lipinski definition) is 5. The molecule has 1 unspecified atom stereocenters. The minimum Gasteiger partial charge on any atom is -0.508 e. The van der Waals surface area contributed by atoms with E-state index in [0.29, 0.717) is 0 Å². The number of carboxylic acids is 1. The second-order valence-corrected chi connectivity index (χ2v) is 4.07. The number of phenolic OH excluding ortho intramolecular Hbond substituents is 2. The Kier molecular flexibility index (Phi) is 4.90. The van der Waals surface area contributed by atoms with Gasteiger partial charge in [0.1, 0.15) is 17.5 Å². The lowest BCUT2D eigenvalue weighted by Gasteiger charge is -2.14. The van der Waals surface area contributed by atoms with Gasteiger partial charge in [0.2, 0.25) is 5.91 Å². The van der Waals surface area contributed by atoms with Crippen LogP contribution in [0.4, 0.5) is 0 Å². The maximum atomic E-state index is 11.8. The van der Waals surface area contributed by atoms with Crippen LogP contribution in [0.25, 0.3) is 0 Å². The van der Waals surface area contributed by atoms with Gasteiger partial charge in [-0.1, -0.05) is 0 Å². The molecule has 0 aliphatic heterocycles. The van der Waals surface area contributed by atoms with E-state index in [1.165, 1.54) is 6.07 Å². The number of nitrogens with one attached hydrogen (secondary N) is 1. The van der Waals surface area contributed by atoms with Crippen LogP contribution < -0.4 is 11.1 Å². The van der Waals surface area contributed by atoms with Crippen molar-refractivity contribution in [2.45, 2.75) is 18.9 Å². The molecule has 0 aliphatic rings. The third-order valence-corrected chi connectivity index (χ3v) is 2.51. The summed E-state index contributed by atoms with van der Waals surface area (Å²) in [6.45, 7) is 0. The van der Waals surface area contributed by atoms with E-state index >= 15 is 0 Å². The minimum absolute atomic E-state index is 0.157.